The number of carbonyl (C=O) groups is 2. The number of esters is 1. The first kappa shape index (κ1) is 27.9. The normalized spacial score (nSPS) is 11.1. The minimum Gasteiger partial charge on any atom is -0.493 e. The van der Waals surface area contributed by atoms with Crippen LogP contribution in [0.5, 0.6) is 17.2 Å². The molecule has 0 aliphatic heterocycles. The van der Waals surface area contributed by atoms with Crippen molar-refractivity contribution in [2.24, 2.45) is 0 Å². The fourth-order valence-electron chi connectivity index (χ4n) is 3.18. The predicted molar refractivity (Wildman–Crippen MR) is 139 cm³/mol. The fraction of sp³-hybridized carbons (Fsp3) is 0.370. The van der Waals surface area contributed by atoms with Crippen LogP contribution in [0.15, 0.2) is 40.4 Å². The van der Waals surface area contributed by atoms with Crippen molar-refractivity contribution in [3.63, 3.8) is 0 Å². The fourth-order valence-corrected chi connectivity index (χ4v) is 3.54. The lowest BCUT2D eigenvalue weighted by molar-refractivity contribution is -0.136. The van der Waals surface area contributed by atoms with Gasteiger partial charge < -0.3 is 19.5 Å². The Labute approximate surface area is 215 Å². The molecular weight excluding hydrogens is 512 g/mol. The van der Waals surface area contributed by atoms with Gasteiger partial charge in [0.1, 0.15) is 17.4 Å². The number of amides is 1. The maximum atomic E-state index is 12.5. The summed E-state index contributed by atoms with van der Waals surface area (Å²) in [6.07, 6.45) is 3.24. The molecule has 0 saturated heterocycles. The zero-order chi connectivity index (χ0) is 26.0. The van der Waals surface area contributed by atoms with E-state index in [0.29, 0.717) is 17.9 Å². The van der Waals surface area contributed by atoms with Crippen molar-refractivity contribution < 1.29 is 23.8 Å². The standard InChI is InChI=1S/C27H31BrN2O5/c1-6-7-10-30-27(32)20(15-29)12-19-8-9-23(25(13-19)33-5)35-26(31)16-34-24-11-18(4)22(28)14-21(24)17(2)3/h8-9,11-14,17H,6-7,10,16H2,1-5H3,(H,30,32)/b20-12+. The SMILES string of the molecule is CCCCNC(=O)/C(C#N)=C/c1ccc(OC(=O)COc2cc(C)c(Br)cc2C(C)C)c(OC)c1. The van der Waals surface area contributed by atoms with E-state index in [1.807, 2.05) is 32.0 Å². The van der Waals surface area contributed by atoms with E-state index in [0.717, 1.165) is 28.4 Å². The first-order valence-corrected chi connectivity index (χ1v) is 12.2. The first-order chi connectivity index (χ1) is 16.7. The van der Waals surface area contributed by atoms with Crippen molar-refractivity contribution in [1.29, 1.82) is 5.26 Å². The molecule has 186 valence electrons. The number of nitriles is 1. The molecule has 0 atom stereocenters. The number of ether oxygens (including phenoxy) is 3. The van der Waals surface area contributed by atoms with Crippen LogP contribution < -0.4 is 19.5 Å². The maximum absolute atomic E-state index is 12.5. The van der Waals surface area contributed by atoms with E-state index in [1.165, 1.54) is 13.2 Å². The van der Waals surface area contributed by atoms with Crippen molar-refractivity contribution in [1.82, 2.24) is 5.32 Å². The zero-order valence-corrected chi connectivity index (χ0v) is 22.3. The predicted octanol–water partition coefficient (Wildman–Crippen LogP) is 5.70. The lowest BCUT2D eigenvalue weighted by Crippen LogP contribution is -2.25. The molecule has 1 amide bonds. The molecule has 0 aliphatic rings. The molecule has 0 spiro atoms. The molecule has 8 heteroatoms. The molecule has 0 unspecified atom stereocenters. The van der Waals surface area contributed by atoms with Gasteiger partial charge in [-0.25, -0.2) is 4.79 Å². The second-order valence-electron chi connectivity index (χ2n) is 8.25. The second-order valence-corrected chi connectivity index (χ2v) is 9.10. The van der Waals surface area contributed by atoms with E-state index in [-0.39, 0.29) is 29.6 Å². The van der Waals surface area contributed by atoms with Crippen LogP contribution in [0.2, 0.25) is 0 Å². The number of rotatable bonds is 11. The second kappa shape index (κ2) is 13.5. The average molecular weight is 543 g/mol. The summed E-state index contributed by atoms with van der Waals surface area (Å²) in [6.45, 7) is 8.30. The smallest absolute Gasteiger partial charge is 0.349 e. The summed E-state index contributed by atoms with van der Waals surface area (Å²) < 4.78 is 17.5. The van der Waals surface area contributed by atoms with Gasteiger partial charge in [0.25, 0.3) is 5.91 Å². The van der Waals surface area contributed by atoms with Gasteiger partial charge in [-0.05, 0) is 66.3 Å². The summed E-state index contributed by atoms with van der Waals surface area (Å²) in [5, 5.41) is 12.1. The van der Waals surface area contributed by atoms with E-state index in [4.69, 9.17) is 14.2 Å². The molecule has 0 radical (unpaired) electrons. The Kier molecular flexibility index (Phi) is 10.8. The number of nitrogens with zero attached hydrogens (tertiary/aromatic N) is 1. The average Bonchev–Trinajstić information content (AvgIpc) is 2.83. The van der Waals surface area contributed by atoms with Crippen LogP contribution in [0, 0.1) is 18.3 Å². The third-order valence-corrected chi connectivity index (χ3v) is 6.02. The highest BCUT2D eigenvalue weighted by Gasteiger charge is 2.16. The van der Waals surface area contributed by atoms with Gasteiger partial charge in [0.2, 0.25) is 0 Å². The van der Waals surface area contributed by atoms with E-state index in [1.54, 1.807) is 18.2 Å². The Morgan fingerprint density at radius 3 is 2.54 bits per heavy atom. The number of unbranched alkanes of at least 4 members (excludes halogenated alkanes) is 1. The van der Waals surface area contributed by atoms with E-state index < -0.39 is 11.9 Å². The number of halogens is 1. The minimum atomic E-state index is -0.588. The summed E-state index contributed by atoms with van der Waals surface area (Å²) in [6, 6.07) is 10.6. The molecular formula is C27H31BrN2O5. The summed E-state index contributed by atoms with van der Waals surface area (Å²) in [7, 11) is 1.44. The number of hydrogen-bond acceptors (Lipinski definition) is 6. The largest absolute Gasteiger partial charge is 0.493 e. The van der Waals surface area contributed by atoms with Crippen molar-refractivity contribution in [2.75, 3.05) is 20.3 Å². The van der Waals surface area contributed by atoms with Crippen LogP contribution in [0.1, 0.15) is 56.2 Å². The number of carbonyl (C=O) groups excluding carboxylic acids is 2. The van der Waals surface area contributed by atoms with Crippen LogP contribution in [0.25, 0.3) is 6.08 Å². The molecule has 2 aromatic carbocycles. The highest BCUT2D eigenvalue weighted by molar-refractivity contribution is 9.10. The lowest BCUT2D eigenvalue weighted by atomic mass is 10.0. The molecule has 1 N–H and O–H groups in total. The molecule has 35 heavy (non-hydrogen) atoms. The quantitative estimate of drug-likeness (QED) is 0.128. The molecule has 0 heterocycles. The van der Waals surface area contributed by atoms with Gasteiger partial charge in [-0.2, -0.15) is 5.26 Å². The van der Waals surface area contributed by atoms with E-state index in [2.05, 4.69) is 35.1 Å². The summed E-state index contributed by atoms with van der Waals surface area (Å²) in [5.41, 5.74) is 2.52. The van der Waals surface area contributed by atoms with Crippen molar-refractivity contribution in [2.45, 2.75) is 46.5 Å². The Morgan fingerprint density at radius 1 is 1.17 bits per heavy atom. The van der Waals surface area contributed by atoms with Crippen molar-refractivity contribution in [3.05, 3.63) is 57.1 Å². The van der Waals surface area contributed by atoms with Crippen LogP contribution >= 0.6 is 15.9 Å². The van der Waals surface area contributed by atoms with Crippen molar-refractivity contribution >= 4 is 33.9 Å². The van der Waals surface area contributed by atoms with Gasteiger partial charge in [0, 0.05) is 11.0 Å². The summed E-state index contributed by atoms with van der Waals surface area (Å²) in [5.74, 6) is 0.321. The Hall–Kier alpha value is -3.31. The van der Waals surface area contributed by atoms with Gasteiger partial charge >= 0.3 is 5.97 Å². The number of nitrogens with one attached hydrogen (secondary N) is 1. The zero-order valence-electron chi connectivity index (χ0n) is 20.7. The number of hydrogen-bond donors (Lipinski definition) is 1. The van der Waals surface area contributed by atoms with Gasteiger partial charge in [-0.1, -0.05) is 49.2 Å². The van der Waals surface area contributed by atoms with Crippen LogP contribution in [0.3, 0.4) is 0 Å². The van der Waals surface area contributed by atoms with Crippen molar-refractivity contribution in [3.8, 4) is 23.3 Å². The third kappa shape index (κ3) is 8.15. The third-order valence-electron chi connectivity index (χ3n) is 5.16. The Morgan fingerprint density at radius 2 is 1.91 bits per heavy atom. The highest BCUT2D eigenvalue weighted by atomic mass is 79.9. The molecule has 7 nitrogen and oxygen atoms in total. The monoisotopic (exact) mass is 542 g/mol. The summed E-state index contributed by atoms with van der Waals surface area (Å²) in [4.78, 5) is 24.7. The summed E-state index contributed by atoms with van der Waals surface area (Å²) >= 11 is 3.53. The van der Waals surface area contributed by atoms with E-state index >= 15 is 0 Å². The minimum absolute atomic E-state index is 0.0213. The van der Waals surface area contributed by atoms with Gasteiger partial charge in [-0.15, -0.1) is 0 Å². The highest BCUT2D eigenvalue weighted by Crippen LogP contribution is 2.33. The number of aryl methyl sites for hydroxylation is 1. The lowest BCUT2D eigenvalue weighted by Gasteiger charge is -2.16. The molecule has 2 aromatic rings. The molecule has 0 aliphatic carbocycles. The number of benzene rings is 2. The molecule has 0 fully saturated rings. The maximum Gasteiger partial charge on any atom is 0.349 e. The van der Waals surface area contributed by atoms with E-state index in [9.17, 15) is 14.9 Å². The van der Waals surface area contributed by atoms with Crippen LogP contribution in [0.4, 0.5) is 0 Å². The molecule has 0 aromatic heterocycles. The molecule has 0 bridgehead atoms. The number of methoxy groups -OCH3 is 1. The van der Waals surface area contributed by atoms with Gasteiger partial charge in [0.15, 0.2) is 18.1 Å². The Balaban J connectivity index is 2.12. The van der Waals surface area contributed by atoms with Gasteiger partial charge in [-0.3, -0.25) is 4.79 Å². The van der Waals surface area contributed by atoms with Gasteiger partial charge in [0.05, 0.1) is 7.11 Å². The Bertz CT molecular complexity index is 1140. The van der Waals surface area contributed by atoms with Crippen LogP contribution in [-0.2, 0) is 9.59 Å². The topological polar surface area (TPSA) is 97.7 Å². The molecule has 2 rings (SSSR count). The first-order valence-electron chi connectivity index (χ1n) is 11.4. The van der Waals surface area contributed by atoms with Crippen LogP contribution in [-0.4, -0.2) is 32.1 Å². The molecule has 0 saturated carbocycles.